The highest BCUT2D eigenvalue weighted by Gasteiger charge is 2.30. The number of para-hydroxylation sites is 1. The van der Waals surface area contributed by atoms with Gasteiger partial charge < -0.3 is 19.9 Å². The van der Waals surface area contributed by atoms with Crippen molar-refractivity contribution < 1.29 is 14.3 Å². The van der Waals surface area contributed by atoms with Crippen LogP contribution in [0.4, 0.5) is 11.4 Å². The number of benzene rings is 3. The average Bonchev–Trinajstić information content (AvgIpc) is 3.70. The SMILES string of the molecule is CN(Cc1ccccc1N1CCOCC1)C(=O)c1cc2ccccc2cc1NC(=O)C1CC1. The van der Waals surface area contributed by atoms with E-state index in [-0.39, 0.29) is 17.7 Å². The summed E-state index contributed by atoms with van der Waals surface area (Å²) in [6.07, 6.45) is 1.84. The number of fused-ring (bicyclic) bond motifs is 1. The minimum Gasteiger partial charge on any atom is -0.378 e. The fourth-order valence-electron chi connectivity index (χ4n) is 4.39. The van der Waals surface area contributed by atoms with E-state index in [1.54, 1.807) is 4.90 Å². The van der Waals surface area contributed by atoms with Crippen LogP contribution in [0.25, 0.3) is 10.8 Å². The zero-order valence-corrected chi connectivity index (χ0v) is 18.9. The van der Waals surface area contributed by atoms with Gasteiger partial charge in [-0.1, -0.05) is 42.5 Å². The van der Waals surface area contributed by atoms with Gasteiger partial charge in [0.2, 0.25) is 5.91 Å². The van der Waals surface area contributed by atoms with Gasteiger partial charge in [0.1, 0.15) is 0 Å². The number of amides is 2. The summed E-state index contributed by atoms with van der Waals surface area (Å²) in [5, 5.41) is 5.00. The third-order valence-corrected chi connectivity index (χ3v) is 6.42. The summed E-state index contributed by atoms with van der Waals surface area (Å²) in [5.74, 6) is -0.0409. The zero-order chi connectivity index (χ0) is 22.8. The molecule has 0 radical (unpaired) electrons. The van der Waals surface area contributed by atoms with Gasteiger partial charge in [0, 0.05) is 38.3 Å². The third kappa shape index (κ3) is 4.71. The number of ether oxygens (including phenoxy) is 1. The molecule has 3 aromatic rings. The first-order valence-electron chi connectivity index (χ1n) is 11.6. The van der Waals surface area contributed by atoms with Gasteiger partial charge >= 0.3 is 0 Å². The van der Waals surface area contributed by atoms with Crippen molar-refractivity contribution >= 4 is 34.0 Å². The number of hydrogen-bond acceptors (Lipinski definition) is 4. The minimum absolute atomic E-state index is 0.000327. The van der Waals surface area contributed by atoms with Crippen LogP contribution < -0.4 is 10.2 Å². The summed E-state index contributed by atoms with van der Waals surface area (Å²) in [6.45, 7) is 3.59. The number of carbonyl (C=O) groups is 2. The molecule has 170 valence electrons. The van der Waals surface area contributed by atoms with Gasteiger partial charge in [-0.2, -0.15) is 0 Å². The Labute approximate surface area is 194 Å². The van der Waals surface area contributed by atoms with Gasteiger partial charge in [0.25, 0.3) is 5.91 Å². The first-order valence-corrected chi connectivity index (χ1v) is 11.6. The van der Waals surface area contributed by atoms with Crippen molar-refractivity contribution in [3.8, 4) is 0 Å². The molecule has 3 aromatic carbocycles. The van der Waals surface area contributed by atoms with Crippen molar-refractivity contribution in [1.29, 1.82) is 0 Å². The predicted octanol–water partition coefficient (Wildman–Crippen LogP) is 4.30. The van der Waals surface area contributed by atoms with E-state index in [4.69, 9.17) is 4.74 Å². The topological polar surface area (TPSA) is 61.9 Å². The summed E-state index contributed by atoms with van der Waals surface area (Å²) in [6, 6.07) is 19.9. The molecule has 0 unspecified atom stereocenters. The average molecular weight is 444 g/mol. The lowest BCUT2D eigenvalue weighted by molar-refractivity contribution is -0.117. The van der Waals surface area contributed by atoms with Crippen LogP contribution in [0.2, 0.25) is 0 Å². The minimum atomic E-state index is -0.108. The molecule has 1 saturated heterocycles. The van der Waals surface area contributed by atoms with Gasteiger partial charge in [0.05, 0.1) is 24.5 Å². The highest BCUT2D eigenvalue weighted by molar-refractivity contribution is 6.08. The smallest absolute Gasteiger partial charge is 0.256 e. The second-order valence-electron chi connectivity index (χ2n) is 8.90. The molecule has 6 nitrogen and oxygen atoms in total. The Morgan fingerprint density at radius 1 is 1.00 bits per heavy atom. The summed E-state index contributed by atoms with van der Waals surface area (Å²) >= 11 is 0. The van der Waals surface area contributed by atoms with Crippen molar-refractivity contribution in [3.63, 3.8) is 0 Å². The Morgan fingerprint density at radius 3 is 2.39 bits per heavy atom. The molecule has 2 amide bonds. The molecule has 1 N–H and O–H groups in total. The third-order valence-electron chi connectivity index (χ3n) is 6.42. The molecule has 2 aliphatic rings. The predicted molar refractivity (Wildman–Crippen MR) is 131 cm³/mol. The van der Waals surface area contributed by atoms with Crippen LogP contribution in [0.1, 0.15) is 28.8 Å². The van der Waals surface area contributed by atoms with Crippen molar-refractivity contribution in [2.75, 3.05) is 43.6 Å². The van der Waals surface area contributed by atoms with E-state index < -0.39 is 0 Å². The van der Waals surface area contributed by atoms with E-state index in [0.717, 1.165) is 48.0 Å². The number of morpholine rings is 1. The highest BCUT2D eigenvalue weighted by atomic mass is 16.5. The fourth-order valence-corrected chi connectivity index (χ4v) is 4.39. The number of anilines is 2. The van der Waals surface area contributed by atoms with Gasteiger partial charge in [-0.3, -0.25) is 9.59 Å². The van der Waals surface area contributed by atoms with Crippen LogP contribution >= 0.6 is 0 Å². The van der Waals surface area contributed by atoms with E-state index >= 15 is 0 Å². The van der Waals surface area contributed by atoms with Crippen LogP contribution in [0.15, 0.2) is 60.7 Å². The Hall–Kier alpha value is -3.38. The quantitative estimate of drug-likeness (QED) is 0.617. The van der Waals surface area contributed by atoms with E-state index in [1.807, 2.05) is 55.6 Å². The van der Waals surface area contributed by atoms with E-state index in [1.165, 1.54) is 0 Å². The molecule has 0 aromatic heterocycles. The molecule has 0 spiro atoms. The molecule has 2 fully saturated rings. The molecule has 1 aliphatic heterocycles. The first kappa shape index (κ1) is 21.5. The van der Waals surface area contributed by atoms with Crippen molar-refractivity contribution in [2.24, 2.45) is 5.92 Å². The van der Waals surface area contributed by atoms with E-state index in [2.05, 4.69) is 22.3 Å². The molecule has 1 aliphatic carbocycles. The maximum Gasteiger partial charge on any atom is 0.256 e. The molecule has 33 heavy (non-hydrogen) atoms. The summed E-state index contributed by atoms with van der Waals surface area (Å²) in [4.78, 5) is 30.2. The largest absolute Gasteiger partial charge is 0.378 e. The number of nitrogens with zero attached hydrogens (tertiary/aromatic N) is 2. The molecule has 1 heterocycles. The maximum atomic E-state index is 13.6. The molecule has 0 atom stereocenters. The fraction of sp³-hybridized carbons (Fsp3) is 0.333. The van der Waals surface area contributed by atoms with Gasteiger partial charge in [0.15, 0.2) is 0 Å². The molecular weight excluding hydrogens is 414 g/mol. The lowest BCUT2D eigenvalue weighted by Gasteiger charge is -2.31. The Morgan fingerprint density at radius 2 is 1.67 bits per heavy atom. The second kappa shape index (κ2) is 9.24. The molecular formula is C27H29N3O3. The molecule has 5 rings (SSSR count). The molecule has 1 saturated carbocycles. The summed E-state index contributed by atoms with van der Waals surface area (Å²) in [5.41, 5.74) is 3.35. The Balaban J connectivity index is 1.43. The van der Waals surface area contributed by atoms with Gasteiger partial charge in [-0.15, -0.1) is 0 Å². The van der Waals surface area contributed by atoms with Crippen molar-refractivity contribution in [1.82, 2.24) is 4.90 Å². The normalized spacial score (nSPS) is 16.0. The Kier molecular flexibility index (Phi) is 6.01. The number of carbonyl (C=O) groups excluding carboxylic acids is 2. The lowest BCUT2D eigenvalue weighted by atomic mass is 10.0. The van der Waals surface area contributed by atoms with Gasteiger partial charge in [-0.25, -0.2) is 0 Å². The standard InChI is InChI=1S/C27H29N3O3/c1-29(18-22-8-4-5-9-25(22)30-12-14-33-15-13-30)27(32)23-16-20-6-2-3-7-21(20)17-24(23)28-26(31)19-10-11-19/h2-9,16-17,19H,10-15,18H2,1H3,(H,28,31). The van der Waals surface area contributed by atoms with Crippen LogP contribution in [0.3, 0.4) is 0 Å². The van der Waals surface area contributed by atoms with Gasteiger partial charge in [-0.05, 0) is 47.4 Å². The summed E-state index contributed by atoms with van der Waals surface area (Å²) in [7, 11) is 1.82. The van der Waals surface area contributed by atoms with E-state index in [9.17, 15) is 9.59 Å². The Bertz CT molecular complexity index is 1180. The summed E-state index contributed by atoms with van der Waals surface area (Å²) < 4.78 is 5.50. The van der Waals surface area contributed by atoms with E-state index in [0.29, 0.717) is 31.0 Å². The highest BCUT2D eigenvalue weighted by Crippen LogP contribution is 2.32. The zero-order valence-electron chi connectivity index (χ0n) is 18.9. The second-order valence-corrected chi connectivity index (χ2v) is 8.90. The molecule has 6 heteroatoms. The van der Waals surface area contributed by atoms with Crippen molar-refractivity contribution in [2.45, 2.75) is 19.4 Å². The first-order chi connectivity index (χ1) is 16.1. The molecule has 0 bridgehead atoms. The maximum absolute atomic E-state index is 13.6. The van der Waals surface area contributed by atoms with Crippen molar-refractivity contribution in [3.05, 3.63) is 71.8 Å². The number of rotatable bonds is 6. The van der Waals surface area contributed by atoms with Crippen LogP contribution in [0, 0.1) is 5.92 Å². The monoisotopic (exact) mass is 443 g/mol. The number of nitrogens with one attached hydrogen (secondary N) is 1. The number of hydrogen-bond donors (Lipinski definition) is 1. The lowest BCUT2D eigenvalue weighted by Crippen LogP contribution is -2.37. The van der Waals surface area contributed by atoms with Crippen LogP contribution in [-0.2, 0) is 16.1 Å². The van der Waals surface area contributed by atoms with Crippen LogP contribution in [-0.4, -0.2) is 50.1 Å². The van der Waals surface area contributed by atoms with Crippen LogP contribution in [0.5, 0.6) is 0 Å².